The molecule has 0 bridgehead atoms. The van der Waals surface area contributed by atoms with E-state index >= 15 is 0 Å². The lowest BCUT2D eigenvalue weighted by Gasteiger charge is -2.32. The second kappa shape index (κ2) is 8.21. The van der Waals surface area contributed by atoms with Crippen molar-refractivity contribution in [1.29, 1.82) is 0 Å². The van der Waals surface area contributed by atoms with Crippen molar-refractivity contribution in [1.82, 2.24) is 19.8 Å². The first kappa shape index (κ1) is 18.2. The number of nitrogens with zero attached hydrogens (tertiary/aromatic N) is 3. The summed E-state index contributed by atoms with van der Waals surface area (Å²) in [7, 11) is 2.18. The van der Waals surface area contributed by atoms with Gasteiger partial charge < -0.3 is 19.5 Å². The van der Waals surface area contributed by atoms with Crippen molar-refractivity contribution in [3.8, 4) is 17.1 Å². The number of halogens is 1. The summed E-state index contributed by atoms with van der Waals surface area (Å²) in [5, 5.41) is 0.658. The number of ether oxygens (including phenoxy) is 1. The van der Waals surface area contributed by atoms with Crippen molar-refractivity contribution in [2.24, 2.45) is 0 Å². The number of piperazine rings is 1. The molecule has 0 aliphatic carbocycles. The molecule has 1 aromatic heterocycles. The Morgan fingerprint density at radius 1 is 1.20 bits per heavy atom. The van der Waals surface area contributed by atoms with Crippen LogP contribution in [0.5, 0.6) is 5.75 Å². The van der Waals surface area contributed by atoms with E-state index in [0.717, 1.165) is 67.7 Å². The molecule has 1 aromatic carbocycles. The molecule has 1 saturated heterocycles. The van der Waals surface area contributed by atoms with Crippen molar-refractivity contribution in [2.75, 3.05) is 46.4 Å². The molecule has 0 radical (unpaired) electrons. The van der Waals surface area contributed by atoms with Crippen LogP contribution in [0.1, 0.15) is 17.8 Å². The van der Waals surface area contributed by atoms with E-state index in [1.165, 1.54) is 0 Å². The standard InChI is InChI=1S/C19H27ClN4O/c1-14-15(2)22-19(21-14)17-6-5-16(13-18(17)20)25-12-4-7-24-10-8-23(3)9-11-24/h5-6,13H,4,7-12H2,1-3H3,(H,21,22). The van der Waals surface area contributed by atoms with E-state index < -0.39 is 0 Å². The minimum Gasteiger partial charge on any atom is -0.493 e. The van der Waals surface area contributed by atoms with Gasteiger partial charge in [-0.15, -0.1) is 0 Å². The van der Waals surface area contributed by atoms with Crippen LogP contribution < -0.4 is 4.74 Å². The molecule has 1 fully saturated rings. The fourth-order valence-electron chi connectivity index (χ4n) is 3.00. The average Bonchev–Trinajstić information content (AvgIpc) is 2.92. The molecule has 2 aromatic rings. The van der Waals surface area contributed by atoms with Gasteiger partial charge in [0.1, 0.15) is 11.6 Å². The van der Waals surface area contributed by atoms with Crippen LogP contribution in [-0.4, -0.2) is 66.1 Å². The molecule has 136 valence electrons. The number of H-pyrrole nitrogens is 1. The van der Waals surface area contributed by atoms with Crippen molar-refractivity contribution in [2.45, 2.75) is 20.3 Å². The molecule has 0 amide bonds. The molecular weight excluding hydrogens is 336 g/mol. The summed E-state index contributed by atoms with van der Waals surface area (Å²) >= 11 is 6.42. The minimum absolute atomic E-state index is 0.658. The van der Waals surface area contributed by atoms with E-state index in [4.69, 9.17) is 16.3 Å². The zero-order valence-corrected chi connectivity index (χ0v) is 16.1. The van der Waals surface area contributed by atoms with Crippen molar-refractivity contribution in [3.63, 3.8) is 0 Å². The fraction of sp³-hybridized carbons (Fsp3) is 0.526. The number of likely N-dealkylation sites (N-methyl/N-ethyl adjacent to an activating group) is 1. The smallest absolute Gasteiger partial charge is 0.139 e. The fourth-order valence-corrected chi connectivity index (χ4v) is 3.26. The zero-order chi connectivity index (χ0) is 17.8. The second-order valence-electron chi connectivity index (χ2n) is 6.78. The van der Waals surface area contributed by atoms with E-state index in [9.17, 15) is 0 Å². The summed E-state index contributed by atoms with van der Waals surface area (Å²) in [5.74, 6) is 1.62. The molecule has 0 atom stereocenters. The maximum Gasteiger partial charge on any atom is 0.139 e. The van der Waals surface area contributed by atoms with Crippen LogP contribution in [-0.2, 0) is 0 Å². The Bertz CT molecular complexity index is 688. The molecule has 1 aliphatic rings. The maximum atomic E-state index is 6.42. The predicted molar refractivity (Wildman–Crippen MR) is 103 cm³/mol. The number of hydrogen-bond donors (Lipinski definition) is 1. The Balaban J connectivity index is 1.49. The Morgan fingerprint density at radius 3 is 2.60 bits per heavy atom. The van der Waals surface area contributed by atoms with E-state index in [0.29, 0.717) is 11.6 Å². The lowest BCUT2D eigenvalue weighted by atomic mass is 10.2. The summed E-state index contributed by atoms with van der Waals surface area (Å²) < 4.78 is 5.87. The van der Waals surface area contributed by atoms with Crippen LogP contribution in [0.4, 0.5) is 0 Å². The van der Waals surface area contributed by atoms with E-state index in [-0.39, 0.29) is 0 Å². The highest BCUT2D eigenvalue weighted by Crippen LogP contribution is 2.30. The quantitative estimate of drug-likeness (QED) is 0.800. The minimum atomic E-state index is 0.658. The molecule has 5 nitrogen and oxygen atoms in total. The molecule has 25 heavy (non-hydrogen) atoms. The molecular formula is C19H27ClN4O. The van der Waals surface area contributed by atoms with Gasteiger partial charge in [-0.05, 0) is 45.5 Å². The Kier molecular flexibility index (Phi) is 5.99. The number of aromatic nitrogens is 2. The first-order valence-corrected chi connectivity index (χ1v) is 9.27. The average molecular weight is 363 g/mol. The molecule has 1 N–H and O–H groups in total. The Labute approximate surface area is 154 Å². The molecule has 6 heteroatoms. The number of nitrogens with one attached hydrogen (secondary N) is 1. The van der Waals surface area contributed by atoms with Crippen LogP contribution in [0, 0.1) is 13.8 Å². The number of imidazole rings is 1. The lowest BCUT2D eigenvalue weighted by molar-refractivity contribution is 0.145. The Hall–Kier alpha value is -1.56. The highest BCUT2D eigenvalue weighted by Gasteiger charge is 2.13. The highest BCUT2D eigenvalue weighted by atomic mass is 35.5. The van der Waals surface area contributed by atoms with Gasteiger partial charge in [0.25, 0.3) is 0 Å². The van der Waals surface area contributed by atoms with Gasteiger partial charge in [0.15, 0.2) is 0 Å². The molecule has 0 saturated carbocycles. The van der Waals surface area contributed by atoms with Crippen molar-refractivity contribution >= 4 is 11.6 Å². The van der Waals surface area contributed by atoms with Crippen molar-refractivity contribution in [3.05, 3.63) is 34.6 Å². The van der Waals surface area contributed by atoms with Gasteiger partial charge in [-0.25, -0.2) is 4.98 Å². The van der Waals surface area contributed by atoms with Crippen LogP contribution in [0.25, 0.3) is 11.4 Å². The second-order valence-corrected chi connectivity index (χ2v) is 7.19. The molecule has 0 unspecified atom stereocenters. The number of hydrogen-bond acceptors (Lipinski definition) is 4. The zero-order valence-electron chi connectivity index (χ0n) is 15.3. The first-order valence-electron chi connectivity index (χ1n) is 8.90. The normalized spacial score (nSPS) is 16.3. The molecule has 3 rings (SSSR count). The van der Waals surface area contributed by atoms with Crippen LogP contribution in [0.3, 0.4) is 0 Å². The first-order chi connectivity index (χ1) is 12.0. The lowest BCUT2D eigenvalue weighted by Crippen LogP contribution is -2.44. The van der Waals surface area contributed by atoms with Gasteiger partial charge in [0.2, 0.25) is 0 Å². The summed E-state index contributed by atoms with van der Waals surface area (Å²) in [6, 6.07) is 5.81. The number of aromatic amines is 1. The summed E-state index contributed by atoms with van der Waals surface area (Å²) in [5.41, 5.74) is 2.97. The SMILES string of the molecule is Cc1nc(-c2ccc(OCCCN3CCN(C)CC3)cc2Cl)[nH]c1C. The monoisotopic (exact) mass is 362 g/mol. The molecule has 0 spiro atoms. The van der Waals surface area contributed by atoms with Crippen LogP contribution in [0.15, 0.2) is 18.2 Å². The Morgan fingerprint density at radius 2 is 1.96 bits per heavy atom. The summed E-state index contributed by atoms with van der Waals surface area (Å²) in [4.78, 5) is 12.7. The van der Waals surface area contributed by atoms with Crippen LogP contribution >= 0.6 is 11.6 Å². The van der Waals surface area contributed by atoms with Gasteiger partial charge in [0.05, 0.1) is 17.3 Å². The highest BCUT2D eigenvalue weighted by molar-refractivity contribution is 6.33. The summed E-state index contributed by atoms with van der Waals surface area (Å²) in [6.45, 7) is 10.4. The topological polar surface area (TPSA) is 44.4 Å². The number of benzene rings is 1. The van der Waals surface area contributed by atoms with E-state index in [2.05, 4.69) is 26.8 Å². The van der Waals surface area contributed by atoms with E-state index in [1.807, 2.05) is 32.0 Å². The van der Waals surface area contributed by atoms with Gasteiger partial charge in [-0.1, -0.05) is 11.6 Å². The third kappa shape index (κ3) is 4.75. The number of rotatable bonds is 6. The largest absolute Gasteiger partial charge is 0.493 e. The van der Waals surface area contributed by atoms with Gasteiger partial charge in [0, 0.05) is 44.0 Å². The van der Waals surface area contributed by atoms with Crippen molar-refractivity contribution < 1.29 is 4.74 Å². The summed E-state index contributed by atoms with van der Waals surface area (Å²) in [6.07, 6.45) is 1.03. The van der Waals surface area contributed by atoms with Gasteiger partial charge in [-0.2, -0.15) is 0 Å². The van der Waals surface area contributed by atoms with Crippen LogP contribution in [0.2, 0.25) is 5.02 Å². The third-order valence-corrected chi connectivity index (χ3v) is 5.12. The third-order valence-electron chi connectivity index (χ3n) is 4.81. The van der Waals surface area contributed by atoms with Gasteiger partial charge >= 0.3 is 0 Å². The maximum absolute atomic E-state index is 6.42. The van der Waals surface area contributed by atoms with Gasteiger partial charge in [-0.3, -0.25) is 0 Å². The van der Waals surface area contributed by atoms with E-state index in [1.54, 1.807) is 0 Å². The molecule has 2 heterocycles. The number of aryl methyl sites for hydroxylation is 2. The molecule has 1 aliphatic heterocycles. The predicted octanol–water partition coefficient (Wildman–Crippen LogP) is 3.36.